The first-order valence-corrected chi connectivity index (χ1v) is 5.28. The van der Waals surface area contributed by atoms with Gasteiger partial charge in [-0.05, 0) is 12.1 Å². The van der Waals surface area contributed by atoms with Crippen molar-refractivity contribution in [1.29, 1.82) is 0 Å². The van der Waals surface area contributed by atoms with E-state index in [0.717, 1.165) is 22.9 Å². The Kier molecular flexibility index (Phi) is 3.42. The van der Waals surface area contributed by atoms with Crippen LogP contribution in [0, 0.1) is 20.2 Å². The van der Waals surface area contributed by atoms with Crippen LogP contribution in [0.1, 0.15) is 0 Å². The maximum Gasteiger partial charge on any atom is 0.321 e. The molecule has 102 valence electrons. The van der Waals surface area contributed by atoms with Gasteiger partial charge in [0, 0.05) is 18.3 Å². The minimum absolute atomic E-state index is 0.270. The summed E-state index contributed by atoms with van der Waals surface area (Å²) >= 11 is 0. The molecule has 9 nitrogen and oxygen atoms in total. The van der Waals surface area contributed by atoms with Crippen LogP contribution in [0.5, 0.6) is 5.75 Å². The number of rotatable bonds is 4. The second-order valence-corrected chi connectivity index (χ2v) is 3.62. The molecular formula is C11H7N3O6. The van der Waals surface area contributed by atoms with E-state index in [9.17, 15) is 25.0 Å². The number of hydrogen-bond acceptors (Lipinski definition) is 6. The van der Waals surface area contributed by atoms with Gasteiger partial charge in [0.1, 0.15) is 0 Å². The normalized spacial score (nSPS) is 10.0. The van der Waals surface area contributed by atoms with Gasteiger partial charge in [0.05, 0.1) is 15.9 Å². The molecule has 2 aromatic rings. The quantitative estimate of drug-likeness (QED) is 0.617. The molecule has 0 unspecified atom stereocenters. The number of hydrogen-bond donors (Lipinski definition) is 0. The van der Waals surface area contributed by atoms with Crippen molar-refractivity contribution in [3.05, 3.63) is 73.2 Å². The average Bonchev–Trinajstić information content (AvgIpc) is 2.41. The first kappa shape index (κ1) is 13.2. The molecule has 0 bridgehead atoms. The molecule has 0 spiro atoms. The second-order valence-electron chi connectivity index (χ2n) is 3.62. The average molecular weight is 277 g/mol. The third-order valence-electron chi connectivity index (χ3n) is 2.34. The van der Waals surface area contributed by atoms with Gasteiger partial charge in [-0.1, -0.05) is 6.07 Å². The topological polar surface area (TPSA) is 118 Å². The van der Waals surface area contributed by atoms with Crippen LogP contribution in [0.15, 0.2) is 47.4 Å². The van der Waals surface area contributed by atoms with Crippen molar-refractivity contribution in [3.8, 4) is 5.75 Å². The number of nitro groups is 2. The summed E-state index contributed by atoms with van der Waals surface area (Å²) in [5.74, 6) is -0.270. The fourth-order valence-corrected chi connectivity index (χ4v) is 1.43. The largest absolute Gasteiger partial charge is 0.365 e. The van der Waals surface area contributed by atoms with Crippen molar-refractivity contribution >= 4 is 11.4 Å². The molecule has 2 rings (SSSR count). The number of benzene rings is 1. The lowest BCUT2D eigenvalue weighted by atomic mass is 10.2. The van der Waals surface area contributed by atoms with Crippen LogP contribution in [0.4, 0.5) is 11.4 Å². The van der Waals surface area contributed by atoms with Crippen molar-refractivity contribution in [2.45, 2.75) is 0 Å². The van der Waals surface area contributed by atoms with Gasteiger partial charge in [0.2, 0.25) is 5.75 Å². The van der Waals surface area contributed by atoms with Crippen molar-refractivity contribution in [2.24, 2.45) is 0 Å². The molecule has 0 radical (unpaired) electrons. The molecule has 1 aromatic carbocycles. The lowest BCUT2D eigenvalue weighted by molar-refractivity contribution is -0.394. The third kappa shape index (κ3) is 2.61. The minimum Gasteiger partial charge on any atom is -0.365 e. The highest BCUT2D eigenvalue weighted by molar-refractivity contribution is 5.53. The molecule has 0 saturated heterocycles. The van der Waals surface area contributed by atoms with Gasteiger partial charge >= 0.3 is 5.69 Å². The zero-order valence-electron chi connectivity index (χ0n) is 9.83. The summed E-state index contributed by atoms with van der Waals surface area (Å²) in [6.07, 6.45) is 1.27. The predicted octanol–water partition coefficient (Wildman–Crippen LogP) is 1.51. The summed E-state index contributed by atoms with van der Waals surface area (Å²) in [5, 5.41) is 21.5. The molecule has 0 N–H and O–H groups in total. The maximum atomic E-state index is 11.4. The van der Waals surface area contributed by atoms with E-state index in [-0.39, 0.29) is 5.75 Å². The van der Waals surface area contributed by atoms with Crippen molar-refractivity contribution in [1.82, 2.24) is 4.73 Å². The molecule has 0 aliphatic carbocycles. The summed E-state index contributed by atoms with van der Waals surface area (Å²) < 4.78 is 0.786. The number of pyridine rings is 1. The molecule has 0 amide bonds. The Labute approximate surface area is 110 Å². The van der Waals surface area contributed by atoms with Crippen LogP contribution >= 0.6 is 0 Å². The Morgan fingerprint density at radius 1 is 1.05 bits per heavy atom. The van der Waals surface area contributed by atoms with Gasteiger partial charge in [-0.25, -0.2) is 0 Å². The highest BCUT2D eigenvalue weighted by atomic mass is 16.7. The Balaban J connectivity index is 2.47. The Bertz CT molecular complexity index is 739. The van der Waals surface area contributed by atoms with Gasteiger partial charge in [-0.2, -0.15) is 0 Å². The van der Waals surface area contributed by atoms with E-state index in [1.165, 1.54) is 24.4 Å². The fraction of sp³-hybridized carbons (Fsp3) is 0. The monoisotopic (exact) mass is 277 g/mol. The van der Waals surface area contributed by atoms with Crippen molar-refractivity contribution < 1.29 is 14.7 Å². The number of nitrogens with zero attached hydrogens (tertiary/aromatic N) is 3. The van der Waals surface area contributed by atoms with Gasteiger partial charge in [-0.3, -0.25) is 25.0 Å². The van der Waals surface area contributed by atoms with Crippen molar-refractivity contribution in [3.63, 3.8) is 0 Å². The zero-order valence-corrected chi connectivity index (χ0v) is 9.83. The van der Waals surface area contributed by atoms with Crippen LogP contribution in [-0.4, -0.2) is 14.6 Å². The van der Waals surface area contributed by atoms with Crippen molar-refractivity contribution in [2.75, 3.05) is 0 Å². The zero-order chi connectivity index (χ0) is 14.7. The lowest BCUT2D eigenvalue weighted by Crippen LogP contribution is -2.22. The molecule has 0 saturated carbocycles. The lowest BCUT2D eigenvalue weighted by Gasteiger charge is -2.07. The smallest absolute Gasteiger partial charge is 0.321 e. The molecule has 0 aliphatic rings. The van der Waals surface area contributed by atoms with Gasteiger partial charge < -0.3 is 4.84 Å². The first-order chi connectivity index (χ1) is 9.49. The van der Waals surface area contributed by atoms with Gasteiger partial charge in [-0.15, -0.1) is 4.73 Å². The molecule has 0 aliphatic heterocycles. The molecule has 9 heteroatoms. The SMILES string of the molecule is O=c1ccccn1Oc1ccc([N+](=O)[O-])cc1[N+](=O)[O-]. The van der Waals surface area contributed by atoms with E-state index in [0.29, 0.717) is 0 Å². The van der Waals surface area contributed by atoms with Crippen LogP contribution in [-0.2, 0) is 0 Å². The van der Waals surface area contributed by atoms with E-state index in [2.05, 4.69) is 0 Å². The molecule has 1 aromatic heterocycles. The highest BCUT2D eigenvalue weighted by Crippen LogP contribution is 2.30. The highest BCUT2D eigenvalue weighted by Gasteiger charge is 2.21. The molecular weight excluding hydrogens is 270 g/mol. The molecule has 0 fully saturated rings. The molecule has 1 heterocycles. The number of non-ortho nitro benzene ring substituents is 1. The van der Waals surface area contributed by atoms with Crippen LogP contribution in [0.2, 0.25) is 0 Å². The first-order valence-electron chi connectivity index (χ1n) is 5.28. The van der Waals surface area contributed by atoms with Gasteiger partial charge in [0.15, 0.2) is 0 Å². The van der Waals surface area contributed by atoms with E-state index in [4.69, 9.17) is 4.84 Å². The van der Waals surface area contributed by atoms with Gasteiger partial charge in [0.25, 0.3) is 11.2 Å². The number of nitro benzene ring substituents is 2. The second kappa shape index (κ2) is 5.18. The summed E-state index contributed by atoms with van der Waals surface area (Å²) in [5.41, 5.74) is -1.57. The summed E-state index contributed by atoms with van der Waals surface area (Å²) in [4.78, 5) is 36.4. The van der Waals surface area contributed by atoms with E-state index < -0.39 is 26.8 Å². The Hall–Kier alpha value is -3.23. The maximum absolute atomic E-state index is 11.4. The summed E-state index contributed by atoms with van der Waals surface area (Å²) in [7, 11) is 0. The summed E-state index contributed by atoms with van der Waals surface area (Å²) in [6, 6.07) is 7.07. The van der Waals surface area contributed by atoms with Crippen LogP contribution < -0.4 is 10.4 Å². The van der Waals surface area contributed by atoms with Crippen LogP contribution in [0.3, 0.4) is 0 Å². The number of aromatic nitrogens is 1. The van der Waals surface area contributed by atoms with Crippen LogP contribution in [0.25, 0.3) is 0 Å². The standard InChI is InChI=1S/C11H7N3O6/c15-11-3-1-2-6-12(11)20-10-5-4-8(13(16)17)7-9(10)14(18)19/h1-7H. The Morgan fingerprint density at radius 3 is 2.40 bits per heavy atom. The minimum atomic E-state index is -0.823. The predicted molar refractivity (Wildman–Crippen MR) is 66.5 cm³/mol. The summed E-state index contributed by atoms with van der Waals surface area (Å²) in [6.45, 7) is 0. The van der Waals surface area contributed by atoms with E-state index >= 15 is 0 Å². The molecule has 20 heavy (non-hydrogen) atoms. The third-order valence-corrected chi connectivity index (χ3v) is 2.34. The Morgan fingerprint density at radius 2 is 1.80 bits per heavy atom. The fourth-order valence-electron chi connectivity index (χ4n) is 1.43. The van der Waals surface area contributed by atoms with E-state index in [1.54, 1.807) is 0 Å². The molecule has 0 atom stereocenters. The van der Waals surface area contributed by atoms with E-state index in [1.807, 2.05) is 0 Å².